The van der Waals surface area contributed by atoms with Crippen molar-refractivity contribution in [2.45, 2.75) is 109 Å². The van der Waals surface area contributed by atoms with Gasteiger partial charge in [-0.3, -0.25) is 9.78 Å². The molecule has 5 N–H and O–H groups in total. The molecule has 0 saturated heterocycles. The van der Waals surface area contributed by atoms with Crippen molar-refractivity contribution in [1.29, 1.82) is 0 Å². The van der Waals surface area contributed by atoms with Gasteiger partial charge in [-0.1, -0.05) is 88.4 Å². The van der Waals surface area contributed by atoms with Gasteiger partial charge in [-0.25, -0.2) is 29.1 Å². The summed E-state index contributed by atoms with van der Waals surface area (Å²) in [6.07, 6.45) is 3.54. The number of alkyl carbamates (subject to hydrolysis) is 1. The molecule has 2 unspecified atom stereocenters. The van der Waals surface area contributed by atoms with Gasteiger partial charge in [0.25, 0.3) is 0 Å². The van der Waals surface area contributed by atoms with Gasteiger partial charge in [0.1, 0.15) is 18.7 Å². The number of nitrogens with zero attached hydrogens (tertiary/aromatic N) is 7. The molecular weight excluding hydrogens is 1100 g/mol. The summed E-state index contributed by atoms with van der Waals surface area (Å²) in [7, 11) is 10.6. The van der Waals surface area contributed by atoms with E-state index in [4.69, 9.17) is 9.84 Å². The first-order chi connectivity index (χ1) is 34.3. The Morgan fingerprint density at radius 1 is 0.630 bits per heavy atom. The standard InChI is InChI=1S/C37H49N7O4S2.C14H24N4O3S.HI/c1-26(2)35-40-31(24-49-35)21-44(5)36(46)42-33(22-43(3)4)34(45)39-29(18-27-12-8-6-9-13-27)16-17-30(19-28-14-10-7-11-15-28)41-37(47)48-23-32-20-38-25-50-32;1-9(2)12-15-10(8-22-12)6-18(5)14(21)16-11(13(19)20)7-17(3)4;/h6-15,20,24-26,29-30,33H,16-19,21-23H2,1-5H3,(H,39,45)(H,41,47)(H,42,46);8-9,11H,6-7H2,1-5H3,(H,16,21)(H,19,20);1H/t29-,30-,33?;;/m1../s1. The second-order valence-corrected chi connectivity index (χ2v) is 21.5. The van der Waals surface area contributed by atoms with Crippen molar-refractivity contribution >= 4 is 88.0 Å². The number of urea groups is 2. The molecule has 0 fully saturated rings. The summed E-state index contributed by atoms with van der Waals surface area (Å²) in [5.74, 6) is -0.647. The van der Waals surface area contributed by atoms with Crippen LogP contribution in [0.25, 0.3) is 0 Å². The van der Waals surface area contributed by atoms with Crippen LogP contribution in [0, 0.1) is 0 Å². The van der Waals surface area contributed by atoms with Crippen LogP contribution in [0.5, 0.6) is 0 Å². The van der Waals surface area contributed by atoms with E-state index >= 15 is 0 Å². The van der Waals surface area contributed by atoms with Gasteiger partial charge in [0.15, 0.2) is 0 Å². The molecule has 0 spiro atoms. The number of nitrogens with one attached hydrogen (secondary N) is 4. The molecule has 0 aliphatic carbocycles. The fraction of sp³-hybridized carbons (Fsp3) is 0.490. The summed E-state index contributed by atoms with van der Waals surface area (Å²) in [6, 6.07) is 17.0. The summed E-state index contributed by atoms with van der Waals surface area (Å²) >= 11 is 4.58. The van der Waals surface area contributed by atoms with Crippen molar-refractivity contribution in [2.75, 3.05) is 55.4 Å². The number of aromatic nitrogens is 3. The van der Waals surface area contributed by atoms with E-state index in [1.54, 1.807) is 72.4 Å². The monoisotopic (exact) mass is 1180 g/mol. The number of thiazole rings is 3. The molecule has 0 saturated carbocycles. The quantitative estimate of drug-likeness (QED) is 0.0353. The average Bonchev–Trinajstić information content (AvgIpc) is 4.14. The van der Waals surface area contributed by atoms with Crippen LogP contribution in [0.4, 0.5) is 14.4 Å². The van der Waals surface area contributed by atoms with Crippen LogP contribution in [0.3, 0.4) is 0 Å². The number of carbonyl (C=O) groups is 5. The van der Waals surface area contributed by atoms with Gasteiger partial charge in [0.05, 0.1) is 44.9 Å². The second kappa shape index (κ2) is 32.1. The van der Waals surface area contributed by atoms with E-state index in [-0.39, 0.29) is 61.2 Å². The van der Waals surface area contributed by atoms with Crippen molar-refractivity contribution in [3.8, 4) is 0 Å². The number of carboxylic acid groups (broad SMARTS) is 1. The highest BCUT2D eigenvalue weighted by atomic mass is 127. The number of carbonyl (C=O) groups excluding carboxylic acids is 4. The van der Waals surface area contributed by atoms with Crippen LogP contribution < -0.4 is 21.3 Å². The number of hydrogen-bond donors (Lipinski definition) is 5. The van der Waals surface area contributed by atoms with Gasteiger partial charge >= 0.3 is 24.1 Å². The summed E-state index contributed by atoms with van der Waals surface area (Å²) < 4.78 is 5.49. The zero-order chi connectivity index (χ0) is 52.7. The molecule has 0 radical (unpaired) electrons. The molecule has 3 aromatic heterocycles. The number of rotatable bonds is 25. The average molecular weight is 1180 g/mol. The van der Waals surface area contributed by atoms with E-state index in [2.05, 4.69) is 63.9 Å². The van der Waals surface area contributed by atoms with Crippen molar-refractivity contribution in [1.82, 2.24) is 55.8 Å². The Balaban J connectivity index is 0.000000513. The smallest absolute Gasteiger partial charge is 0.407 e. The highest BCUT2D eigenvalue weighted by molar-refractivity contribution is 14.0. The molecule has 0 aliphatic heterocycles. The molecule has 0 bridgehead atoms. The number of hydrogen-bond acceptors (Lipinski definition) is 14. The van der Waals surface area contributed by atoms with E-state index in [1.807, 2.05) is 90.4 Å². The number of ether oxygens (including phenoxy) is 1. The summed E-state index contributed by atoms with van der Waals surface area (Å²) in [4.78, 5) is 83.9. The third-order valence-electron chi connectivity index (χ3n) is 10.9. The van der Waals surface area contributed by atoms with Crippen LogP contribution in [0.15, 0.2) is 83.1 Å². The first-order valence-electron chi connectivity index (χ1n) is 23.9. The molecule has 2 aromatic carbocycles. The molecule has 18 nitrogen and oxygen atoms in total. The predicted octanol–water partition coefficient (Wildman–Crippen LogP) is 7.88. The summed E-state index contributed by atoms with van der Waals surface area (Å²) in [5.41, 5.74) is 5.49. The zero-order valence-electron chi connectivity index (χ0n) is 43.6. The minimum absolute atomic E-state index is 0. The molecule has 4 atom stereocenters. The van der Waals surface area contributed by atoms with Crippen LogP contribution in [-0.2, 0) is 46.9 Å². The highest BCUT2D eigenvalue weighted by Crippen LogP contribution is 2.21. The molecule has 5 rings (SSSR count). The SMILES string of the molecule is CC(C)c1nc(CN(C)C(=O)NC(CN(C)C)C(=O)N[C@H](CC[C@H](Cc2ccccc2)NC(=O)OCc2cncs2)Cc2ccccc2)cs1.CC(C)c1nc(CN(C)C(=O)NC(CN(C)C)C(=O)O)cs1.I. The number of carboxylic acids is 1. The molecule has 22 heteroatoms. The minimum Gasteiger partial charge on any atom is -0.480 e. The predicted molar refractivity (Wildman–Crippen MR) is 301 cm³/mol. The van der Waals surface area contributed by atoms with E-state index < -0.39 is 30.2 Å². The fourth-order valence-corrected chi connectivity index (χ4v) is 9.35. The molecule has 400 valence electrons. The third kappa shape index (κ3) is 23.2. The maximum atomic E-state index is 13.9. The first kappa shape index (κ1) is 62.0. The van der Waals surface area contributed by atoms with E-state index in [0.717, 1.165) is 37.4 Å². The maximum absolute atomic E-state index is 13.9. The fourth-order valence-electron chi connectivity index (χ4n) is 7.19. The van der Waals surface area contributed by atoms with Crippen molar-refractivity contribution in [2.24, 2.45) is 0 Å². The lowest BCUT2D eigenvalue weighted by atomic mass is 9.96. The molecule has 3 heterocycles. The third-order valence-corrected chi connectivity index (χ3v) is 14.1. The van der Waals surface area contributed by atoms with Crippen molar-refractivity contribution in [3.63, 3.8) is 0 Å². The Kier molecular flexibility index (Phi) is 27.3. The second-order valence-electron chi connectivity index (χ2n) is 18.8. The van der Waals surface area contributed by atoms with Crippen LogP contribution in [0.1, 0.15) is 89.8 Å². The lowest BCUT2D eigenvalue weighted by Gasteiger charge is -2.28. The van der Waals surface area contributed by atoms with Gasteiger partial charge in [-0.15, -0.1) is 58.0 Å². The summed E-state index contributed by atoms with van der Waals surface area (Å²) in [5, 5.41) is 26.8. The van der Waals surface area contributed by atoms with Crippen LogP contribution >= 0.6 is 58.0 Å². The Hall–Kier alpha value is -5.27. The number of halogens is 1. The largest absolute Gasteiger partial charge is 0.480 e. The van der Waals surface area contributed by atoms with E-state index in [1.165, 1.54) is 16.2 Å². The topological polar surface area (TPSA) is 215 Å². The first-order valence-corrected chi connectivity index (χ1v) is 26.5. The number of aliphatic carboxylic acids is 1. The minimum atomic E-state index is -1.05. The van der Waals surface area contributed by atoms with Gasteiger partial charge in [0, 0.05) is 68.1 Å². The molecule has 5 aromatic rings. The van der Waals surface area contributed by atoms with Crippen LogP contribution in [0.2, 0.25) is 0 Å². The normalized spacial score (nSPS) is 12.7. The Morgan fingerprint density at radius 3 is 1.49 bits per heavy atom. The van der Waals surface area contributed by atoms with Gasteiger partial charge in [0.2, 0.25) is 5.91 Å². The highest BCUT2D eigenvalue weighted by Gasteiger charge is 2.27. The Morgan fingerprint density at radius 2 is 1.08 bits per heavy atom. The Bertz CT molecular complexity index is 2410. The van der Waals surface area contributed by atoms with Crippen molar-refractivity contribution < 1.29 is 33.8 Å². The lowest BCUT2D eigenvalue weighted by Crippen LogP contribution is -2.56. The lowest BCUT2D eigenvalue weighted by molar-refractivity contribution is -0.139. The van der Waals surface area contributed by atoms with Gasteiger partial charge in [-0.2, -0.15) is 0 Å². The Labute approximate surface area is 459 Å². The molecule has 6 amide bonds. The number of amides is 6. The van der Waals surface area contributed by atoms with E-state index in [0.29, 0.717) is 57.2 Å². The summed E-state index contributed by atoms with van der Waals surface area (Å²) in [6.45, 7) is 9.72. The molecule has 73 heavy (non-hydrogen) atoms. The maximum Gasteiger partial charge on any atom is 0.407 e. The van der Waals surface area contributed by atoms with Gasteiger partial charge in [-0.05, 0) is 65.0 Å². The molecule has 0 aliphatic rings. The van der Waals surface area contributed by atoms with Crippen LogP contribution in [-0.4, -0.2) is 149 Å². The molecular formula is C51H74IN11O7S3. The zero-order valence-corrected chi connectivity index (χ0v) is 48.4. The van der Waals surface area contributed by atoms with Crippen molar-refractivity contribution in [3.05, 3.63) is 121 Å². The van der Waals surface area contributed by atoms with Gasteiger partial charge < -0.3 is 50.7 Å². The number of likely N-dealkylation sites (N-methyl/N-ethyl adjacent to an activating group) is 2. The van der Waals surface area contributed by atoms with E-state index in [9.17, 15) is 24.0 Å². The number of benzene rings is 2.